The average Bonchev–Trinajstić information content (AvgIpc) is 2.49. The van der Waals surface area contributed by atoms with Crippen molar-refractivity contribution >= 4 is 21.7 Å². The maximum absolute atomic E-state index is 12.6. The van der Waals surface area contributed by atoms with Crippen molar-refractivity contribution in [2.24, 2.45) is 0 Å². The van der Waals surface area contributed by atoms with Crippen molar-refractivity contribution in [1.82, 2.24) is 4.31 Å². The number of para-hydroxylation sites is 1. The Labute approximate surface area is 130 Å². The number of nitrogens with one attached hydrogen (secondary N) is 1. The second-order valence-corrected chi connectivity index (χ2v) is 6.64. The molecule has 0 radical (unpaired) electrons. The minimum absolute atomic E-state index is 0.0505. The molecule has 2 amide bonds. The first kappa shape index (κ1) is 16.0. The van der Waals surface area contributed by atoms with E-state index in [9.17, 15) is 13.2 Å². The van der Waals surface area contributed by atoms with Crippen molar-refractivity contribution in [1.29, 1.82) is 0 Å². The van der Waals surface area contributed by atoms with E-state index < -0.39 is 16.1 Å². The van der Waals surface area contributed by atoms with Gasteiger partial charge in [-0.3, -0.25) is 0 Å². The lowest BCUT2D eigenvalue weighted by atomic mass is 10.2. The Morgan fingerprint density at radius 2 is 1.64 bits per heavy atom. The van der Waals surface area contributed by atoms with Gasteiger partial charge >= 0.3 is 6.03 Å². The van der Waals surface area contributed by atoms with Gasteiger partial charge in [-0.05, 0) is 38.1 Å². The fraction of sp³-hybridized carbons (Fsp3) is 0.188. The Kier molecular flexibility index (Phi) is 4.82. The second-order valence-electron chi connectivity index (χ2n) is 4.78. The van der Waals surface area contributed by atoms with Gasteiger partial charge in [0.2, 0.25) is 0 Å². The highest BCUT2D eigenvalue weighted by Gasteiger charge is 2.27. The Balaban J connectivity index is 2.26. The maximum Gasteiger partial charge on any atom is 0.335 e. The standard InChI is InChI=1S/C16H18N2O3S/c1-3-18(16(19)17-14-7-5-4-6-8-14)22(20,21)15-11-9-13(2)10-12-15/h4-12H,3H2,1-2H3,(H,17,19). The molecule has 0 heterocycles. The van der Waals surface area contributed by atoms with Gasteiger partial charge in [0.15, 0.2) is 0 Å². The fourth-order valence-corrected chi connectivity index (χ4v) is 3.31. The van der Waals surface area contributed by atoms with Crippen LogP contribution >= 0.6 is 0 Å². The van der Waals surface area contributed by atoms with Gasteiger partial charge in [-0.2, -0.15) is 0 Å². The fourth-order valence-electron chi connectivity index (χ4n) is 1.97. The number of benzene rings is 2. The lowest BCUT2D eigenvalue weighted by Crippen LogP contribution is -2.39. The van der Waals surface area contributed by atoms with Gasteiger partial charge in [0.1, 0.15) is 0 Å². The monoisotopic (exact) mass is 318 g/mol. The van der Waals surface area contributed by atoms with Gasteiger partial charge in [-0.25, -0.2) is 17.5 Å². The molecule has 6 heteroatoms. The Bertz CT molecular complexity index is 741. The van der Waals surface area contributed by atoms with Crippen LogP contribution in [0.5, 0.6) is 0 Å². The normalized spacial score (nSPS) is 11.0. The Hall–Kier alpha value is -2.34. The van der Waals surface area contributed by atoms with Crippen molar-refractivity contribution in [3.8, 4) is 0 Å². The molecule has 0 atom stereocenters. The topological polar surface area (TPSA) is 66.5 Å². The summed E-state index contributed by atoms with van der Waals surface area (Å²) in [4.78, 5) is 12.4. The number of hydrogen-bond donors (Lipinski definition) is 1. The first-order valence-corrected chi connectivity index (χ1v) is 8.34. The van der Waals surface area contributed by atoms with Crippen LogP contribution in [-0.2, 0) is 10.0 Å². The van der Waals surface area contributed by atoms with Gasteiger partial charge < -0.3 is 5.32 Å². The van der Waals surface area contributed by atoms with Crippen LogP contribution in [0.2, 0.25) is 0 Å². The van der Waals surface area contributed by atoms with E-state index >= 15 is 0 Å². The maximum atomic E-state index is 12.6. The molecule has 0 saturated carbocycles. The van der Waals surface area contributed by atoms with Crippen LogP contribution in [0.3, 0.4) is 0 Å². The highest BCUT2D eigenvalue weighted by Crippen LogP contribution is 2.17. The van der Waals surface area contributed by atoms with Crippen LogP contribution in [0.4, 0.5) is 10.5 Å². The Morgan fingerprint density at radius 1 is 1.05 bits per heavy atom. The molecule has 1 N–H and O–H groups in total. The lowest BCUT2D eigenvalue weighted by Gasteiger charge is -2.21. The van der Waals surface area contributed by atoms with Crippen LogP contribution in [0.25, 0.3) is 0 Å². The number of urea groups is 1. The van der Waals surface area contributed by atoms with Crippen LogP contribution in [0.1, 0.15) is 12.5 Å². The number of sulfonamides is 1. The molecular formula is C16H18N2O3S. The van der Waals surface area contributed by atoms with Crippen molar-refractivity contribution < 1.29 is 13.2 Å². The third-order valence-electron chi connectivity index (χ3n) is 3.15. The first-order chi connectivity index (χ1) is 10.4. The zero-order valence-corrected chi connectivity index (χ0v) is 13.3. The van der Waals surface area contributed by atoms with Crippen LogP contribution in [0, 0.1) is 6.92 Å². The molecule has 0 unspecified atom stereocenters. The molecule has 0 saturated heterocycles. The minimum Gasteiger partial charge on any atom is -0.307 e. The molecule has 0 aliphatic rings. The van der Waals surface area contributed by atoms with E-state index in [0.717, 1.165) is 9.87 Å². The van der Waals surface area contributed by atoms with Crippen LogP contribution in [-0.4, -0.2) is 25.3 Å². The van der Waals surface area contributed by atoms with E-state index in [1.165, 1.54) is 12.1 Å². The molecule has 2 aromatic rings. The van der Waals surface area contributed by atoms with E-state index in [-0.39, 0.29) is 11.4 Å². The van der Waals surface area contributed by atoms with E-state index in [4.69, 9.17) is 0 Å². The minimum atomic E-state index is -3.87. The molecule has 0 fully saturated rings. The molecular weight excluding hydrogens is 300 g/mol. The molecule has 2 aromatic carbocycles. The number of nitrogens with zero attached hydrogens (tertiary/aromatic N) is 1. The number of rotatable bonds is 4. The summed E-state index contributed by atoms with van der Waals surface area (Å²) >= 11 is 0. The third-order valence-corrected chi connectivity index (χ3v) is 5.02. The summed E-state index contributed by atoms with van der Waals surface area (Å²) in [5.41, 5.74) is 1.50. The van der Waals surface area contributed by atoms with Gasteiger partial charge in [-0.15, -0.1) is 0 Å². The first-order valence-electron chi connectivity index (χ1n) is 6.90. The quantitative estimate of drug-likeness (QED) is 0.941. The van der Waals surface area contributed by atoms with Gasteiger partial charge in [0.05, 0.1) is 4.90 Å². The van der Waals surface area contributed by atoms with E-state index in [1.807, 2.05) is 13.0 Å². The highest BCUT2D eigenvalue weighted by atomic mass is 32.2. The third kappa shape index (κ3) is 3.46. The predicted octanol–water partition coefficient (Wildman–Crippen LogP) is 3.24. The lowest BCUT2D eigenvalue weighted by molar-refractivity contribution is 0.237. The summed E-state index contributed by atoms with van der Waals surface area (Å²) in [5.74, 6) is 0. The summed E-state index contributed by atoms with van der Waals surface area (Å²) in [6, 6.07) is 14.5. The molecule has 116 valence electrons. The number of anilines is 1. The van der Waals surface area contributed by atoms with Gasteiger partial charge in [0, 0.05) is 12.2 Å². The summed E-state index contributed by atoms with van der Waals surface area (Å²) in [5, 5.41) is 2.59. The smallest absolute Gasteiger partial charge is 0.307 e. The van der Waals surface area contributed by atoms with Crippen LogP contribution in [0.15, 0.2) is 59.5 Å². The summed E-state index contributed by atoms with van der Waals surface area (Å²) < 4.78 is 26.0. The molecule has 22 heavy (non-hydrogen) atoms. The summed E-state index contributed by atoms with van der Waals surface area (Å²) in [6.45, 7) is 3.54. The second kappa shape index (κ2) is 6.62. The van der Waals surface area contributed by atoms with Crippen molar-refractivity contribution in [2.45, 2.75) is 18.7 Å². The van der Waals surface area contributed by atoms with E-state index in [2.05, 4.69) is 5.32 Å². The largest absolute Gasteiger partial charge is 0.335 e. The highest BCUT2D eigenvalue weighted by molar-refractivity contribution is 7.89. The zero-order valence-electron chi connectivity index (χ0n) is 12.5. The molecule has 0 spiro atoms. The average molecular weight is 318 g/mol. The number of aryl methyl sites for hydroxylation is 1. The van der Waals surface area contributed by atoms with Crippen molar-refractivity contribution in [2.75, 3.05) is 11.9 Å². The van der Waals surface area contributed by atoms with E-state index in [1.54, 1.807) is 43.3 Å². The van der Waals surface area contributed by atoms with Crippen LogP contribution < -0.4 is 5.32 Å². The van der Waals surface area contributed by atoms with Crippen molar-refractivity contribution in [3.63, 3.8) is 0 Å². The van der Waals surface area contributed by atoms with Gasteiger partial charge in [-0.1, -0.05) is 35.9 Å². The summed E-state index contributed by atoms with van der Waals surface area (Å²) in [6.07, 6.45) is 0. The molecule has 0 aliphatic carbocycles. The Morgan fingerprint density at radius 3 is 2.18 bits per heavy atom. The van der Waals surface area contributed by atoms with E-state index in [0.29, 0.717) is 5.69 Å². The molecule has 0 aromatic heterocycles. The molecule has 5 nitrogen and oxygen atoms in total. The number of carbonyl (C=O) groups excluding carboxylic acids is 1. The SMILES string of the molecule is CCN(C(=O)Nc1ccccc1)S(=O)(=O)c1ccc(C)cc1. The number of amides is 2. The van der Waals surface area contributed by atoms with Crippen molar-refractivity contribution in [3.05, 3.63) is 60.2 Å². The molecule has 2 rings (SSSR count). The summed E-state index contributed by atoms with van der Waals surface area (Å²) in [7, 11) is -3.87. The van der Waals surface area contributed by atoms with Gasteiger partial charge in [0.25, 0.3) is 10.0 Å². The zero-order chi connectivity index (χ0) is 16.2. The number of carbonyl (C=O) groups is 1. The molecule has 0 aliphatic heterocycles. The number of hydrogen-bond acceptors (Lipinski definition) is 3. The predicted molar refractivity (Wildman–Crippen MR) is 86.2 cm³/mol. The molecule has 0 bridgehead atoms.